The van der Waals surface area contributed by atoms with Crippen LogP contribution < -0.4 is 16.0 Å². The van der Waals surface area contributed by atoms with E-state index in [4.69, 9.17) is 0 Å². The largest absolute Gasteiger partial charge is 0.341 e. The zero-order chi connectivity index (χ0) is 18.5. The average Bonchev–Trinajstić information content (AvgIpc) is 3.04. The first-order valence-corrected chi connectivity index (χ1v) is 8.08. The van der Waals surface area contributed by atoms with Crippen molar-refractivity contribution in [3.8, 4) is 5.69 Å². The molecule has 0 fully saturated rings. The minimum atomic E-state index is -0.326. The van der Waals surface area contributed by atoms with Crippen molar-refractivity contribution in [2.75, 3.05) is 17.7 Å². The molecule has 7 nitrogen and oxygen atoms in total. The van der Waals surface area contributed by atoms with Gasteiger partial charge in [0.05, 0.1) is 23.1 Å². The van der Waals surface area contributed by atoms with Crippen LogP contribution in [-0.4, -0.2) is 28.8 Å². The molecule has 3 amide bonds. The first-order valence-electron chi connectivity index (χ1n) is 8.08. The lowest BCUT2D eigenvalue weighted by Gasteiger charge is -2.09. The van der Waals surface area contributed by atoms with E-state index in [-0.39, 0.29) is 11.9 Å². The molecule has 0 unspecified atom stereocenters. The molecule has 0 atom stereocenters. The Morgan fingerprint density at radius 3 is 2.35 bits per heavy atom. The molecular formula is C19H19N5O2. The second-order valence-corrected chi connectivity index (χ2v) is 5.63. The van der Waals surface area contributed by atoms with Crippen molar-refractivity contribution in [1.82, 2.24) is 15.1 Å². The molecule has 7 heteroatoms. The second kappa shape index (κ2) is 7.52. The Morgan fingerprint density at radius 2 is 1.65 bits per heavy atom. The molecule has 0 saturated heterocycles. The Hall–Kier alpha value is -3.61. The standard InChI is InChI=1S/C19H19N5O2/c1-13-17(12-21-24(13)16-9-4-3-5-10-16)18(25)22-14-7-6-8-15(11-14)23-19(26)20-2/h3-12H,1-2H3,(H,22,25)(H2,20,23,26). The van der Waals surface area contributed by atoms with E-state index in [2.05, 4.69) is 21.0 Å². The fraction of sp³-hybridized carbons (Fsp3) is 0.105. The highest BCUT2D eigenvalue weighted by atomic mass is 16.2. The summed E-state index contributed by atoms with van der Waals surface area (Å²) in [6.45, 7) is 1.85. The number of amides is 3. The summed E-state index contributed by atoms with van der Waals surface area (Å²) in [4.78, 5) is 24.0. The smallest absolute Gasteiger partial charge is 0.318 e. The van der Waals surface area contributed by atoms with Crippen LogP contribution in [0.3, 0.4) is 0 Å². The molecule has 0 spiro atoms. The normalized spacial score (nSPS) is 10.2. The molecular weight excluding hydrogens is 330 g/mol. The van der Waals surface area contributed by atoms with Crippen molar-refractivity contribution in [3.05, 3.63) is 72.1 Å². The molecule has 26 heavy (non-hydrogen) atoms. The fourth-order valence-corrected chi connectivity index (χ4v) is 2.53. The summed E-state index contributed by atoms with van der Waals surface area (Å²) in [5.74, 6) is -0.262. The molecule has 132 valence electrons. The minimum Gasteiger partial charge on any atom is -0.341 e. The summed E-state index contributed by atoms with van der Waals surface area (Å²) in [6.07, 6.45) is 1.55. The summed E-state index contributed by atoms with van der Waals surface area (Å²) in [7, 11) is 1.54. The van der Waals surface area contributed by atoms with Crippen LogP contribution in [0.25, 0.3) is 5.69 Å². The Bertz CT molecular complexity index is 934. The molecule has 1 heterocycles. The van der Waals surface area contributed by atoms with E-state index in [0.29, 0.717) is 16.9 Å². The molecule has 0 aliphatic carbocycles. The van der Waals surface area contributed by atoms with Crippen LogP contribution in [0, 0.1) is 6.92 Å². The van der Waals surface area contributed by atoms with Crippen LogP contribution in [-0.2, 0) is 0 Å². The summed E-state index contributed by atoms with van der Waals surface area (Å²) < 4.78 is 1.72. The van der Waals surface area contributed by atoms with Gasteiger partial charge in [-0.2, -0.15) is 5.10 Å². The number of nitrogens with one attached hydrogen (secondary N) is 3. The summed E-state index contributed by atoms with van der Waals surface area (Å²) in [6, 6.07) is 16.2. The number of hydrogen-bond acceptors (Lipinski definition) is 3. The Balaban J connectivity index is 1.78. The Kier molecular flexibility index (Phi) is 4.98. The molecule has 2 aromatic carbocycles. The van der Waals surface area contributed by atoms with E-state index in [1.54, 1.807) is 35.1 Å². The average molecular weight is 349 g/mol. The molecule has 3 N–H and O–H groups in total. The molecule has 0 bridgehead atoms. The first kappa shape index (κ1) is 17.2. The van der Waals surface area contributed by atoms with Crippen molar-refractivity contribution < 1.29 is 9.59 Å². The van der Waals surface area contributed by atoms with Crippen LogP contribution >= 0.6 is 0 Å². The highest BCUT2D eigenvalue weighted by Crippen LogP contribution is 2.18. The predicted molar refractivity (Wildman–Crippen MR) is 101 cm³/mol. The number of nitrogens with zero attached hydrogens (tertiary/aromatic N) is 2. The van der Waals surface area contributed by atoms with Gasteiger partial charge in [0.1, 0.15) is 0 Å². The SMILES string of the molecule is CNC(=O)Nc1cccc(NC(=O)c2cnn(-c3ccccc3)c2C)c1. The fourth-order valence-electron chi connectivity index (χ4n) is 2.53. The number of rotatable bonds is 4. The molecule has 0 saturated carbocycles. The summed E-state index contributed by atoms with van der Waals surface area (Å²) >= 11 is 0. The maximum absolute atomic E-state index is 12.6. The maximum atomic E-state index is 12.6. The minimum absolute atomic E-state index is 0.262. The molecule has 0 aliphatic heterocycles. The number of benzene rings is 2. The first-order chi connectivity index (χ1) is 12.6. The number of aromatic nitrogens is 2. The lowest BCUT2D eigenvalue weighted by Crippen LogP contribution is -2.24. The van der Waals surface area contributed by atoms with Gasteiger partial charge in [-0.15, -0.1) is 0 Å². The number of carbonyl (C=O) groups is 2. The number of para-hydroxylation sites is 1. The van der Waals surface area contributed by atoms with Gasteiger partial charge in [0.2, 0.25) is 0 Å². The van der Waals surface area contributed by atoms with Gasteiger partial charge >= 0.3 is 6.03 Å². The van der Waals surface area contributed by atoms with E-state index in [9.17, 15) is 9.59 Å². The monoisotopic (exact) mass is 349 g/mol. The maximum Gasteiger partial charge on any atom is 0.318 e. The van der Waals surface area contributed by atoms with E-state index in [1.165, 1.54) is 7.05 Å². The highest BCUT2D eigenvalue weighted by Gasteiger charge is 2.15. The van der Waals surface area contributed by atoms with Gasteiger partial charge < -0.3 is 16.0 Å². The second-order valence-electron chi connectivity index (χ2n) is 5.63. The van der Waals surface area contributed by atoms with E-state index in [1.807, 2.05) is 37.3 Å². The van der Waals surface area contributed by atoms with Gasteiger partial charge in [-0.25, -0.2) is 9.48 Å². The van der Waals surface area contributed by atoms with Crippen LogP contribution in [0.5, 0.6) is 0 Å². The van der Waals surface area contributed by atoms with Gasteiger partial charge in [-0.1, -0.05) is 24.3 Å². The van der Waals surface area contributed by atoms with Crippen LogP contribution in [0.15, 0.2) is 60.8 Å². The number of urea groups is 1. The molecule has 0 radical (unpaired) electrons. The topological polar surface area (TPSA) is 88.1 Å². The molecule has 3 rings (SSSR count). The van der Waals surface area contributed by atoms with Gasteiger partial charge in [0.15, 0.2) is 0 Å². The number of carbonyl (C=O) groups excluding carboxylic acids is 2. The van der Waals surface area contributed by atoms with E-state index >= 15 is 0 Å². The molecule has 3 aromatic rings. The third-order valence-electron chi connectivity index (χ3n) is 3.86. The van der Waals surface area contributed by atoms with Crippen LogP contribution in [0.4, 0.5) is 16.2 Å². The Labute approximate surface area is 151 Å². The van der Waals surface area contributed by atoms with Crippen molar-refractivity contribution in [2.45, 2.75) is 6.92 Å². The number of anilines is 2. The van der Waals surface area contributed by atoms with Crippen molar-refractivity contribution in [3.63, 3.8) is 0 Å². The zero-order valence-electron chi connectivity index (χ0n) is 14.5. The van der Waals surface area contributed by atoms with Crippen molar-refractivity contribution in [2.24, 2.45) is 0 Å². The quantitative estimate of drug-likeness (QED) is 0.676. The van der Waals surface area contributed by atoms with Gasteiger partial charge in [0, 0.05) is 18.4 Å². The van der Waals surface area contributed by atoms with Crippen molar-refractivity contribution in [1.29, 1.82) is 0 Å². The third kappa shape index (κ3) is 3.72. The highest BCUT2D eigenvalue weighted by molar-refractivity contribution is 6.05. The van der Waals surface area contributed by atoms with Crippen molar-refractivity contribution >= 4 is 23.3 Å². The van der Waals surface area contributed by atoms with E-state index in [0.717, 1.165) is 11.4 Å². The predicted octanol–water partition coefficient (Wildman–Crippen LogP) is 3.18. The van der Waals surface area contributed by atoms with Gasteiger partial charge in [-0.05, 0) is 37.3 Å². The summed E-state index contributed by atoms with van der Waals surface area (Å²) in [5.41, 5.74) is 3.28. The van der Waals surface area contributed by atoms with Crippen LogP contribution in [0.1, 0.15) is 16.1 Å². The van der Waals surface area contributed by atoms with Gasteiger partial charge in [-0.3, -0.25) is 4.79 Å². The Morgan fingerprint density at radius 1 is 0.962 bits per heavy atom. The lowest BCUT2D eigenvalue weighted by atomic mass is 10.2. The third-order valence-corrected chi connectivity index (χ3v) is 3.86. The molecule has 1 aromatic heterocycles. The molecule has 0 aliphatic rings. The number of hydrogen-bond donors (Lipinski definition) is 3. The van der Waals surface area contributed by atoms with Gasteiger partial charge in [0.25, 0.3) is 5.91 Å². The van der Waals surface area contributed by atoms with Crippen LogP contribution in [0.2, 0.25) is 0 Å². The van der Waals surface area contributed by atoms with E-state index < -0.39 is 0 Å². The summed E-state index contributed by atoms with van der Waals surface area (Å²) in [5, 5.41) is 12.3. The lowest BCUT2D eigenvalue weighted by molar-refractivity contribution is 0.102. The zero-order valence-corrected chi connectivity index (χ0v) is 14.5.